The standard InChI is InChI=1S/C17H19N3/c1-3-14(18)13-9-10-16-15(11-13)19-17(20(16)2)12-7-5-4-6-8-12/h4-11,14H,3,18H2,1-2H3. The molecule has 0 aliphatic rings. The maximum Gasteiger partial charge on any atom is 0.140 e. The van der Waals surface area contributed by atoms with Gasteiger partial charge in [0.1, 0.15) is 5.82 Å². The van der Waals surface area contributed by atoms with Gasteiger partial charge in [0.2, 0.25) is 0 Å². The van der Waals surface area contributed by atoms with E-state index in [0.29, 0.717) is 0 Å². The summed E-state index contributed by atoms with van der Waals surface area (Å²) in [6, 6.07) is 16.7. The fourth-order valence-corrected chi connectivity index (χ4v) is 2.53. The predicted octanol–water partition coefficient (Wildman–Crippen LogP) is 3.65. The molecule has 1 aromatic heterocycles. The third-order valence-corrected chi connectivity index (χ3v) is 3.80. The average molecular weight is 265 g/mol. The molecule has 102 valence electrons. The zero-order valence-electron chi connectivity index (χ0n) is 11.9. The molecule has 3 aromatic rings. The van der Waals surface area contributed by atoms with Crippen molar-refractivity contribution >= 4 is 11.0 Å². The summed E-state index contributed by atoms with van der Waals surface area (Å²) in [7, 11) is 2.05. The first-order chi connectivity index (χ1) is 9.70. The van der Waals surface area contributed by atoms with Gasteiger partial charge in [-0.05, 0) is 24.1 Å². The van der Waals surface area contributed by atoms with Crippen molar-refractivity contribution in [1.82, 2.24) is 9.55 Å². The normalized spacial score (nSPS) is 12.8. The van der Waals surface area contributed by atoms with Crippen LogP contribution in [0.15, 0.2) is 48.5 Å². The molecule has 0 aliphatic carbocycles. The smallest absolute Gasteiger partial charge is 0.140 e. The molecule has 1 unspecified atom stereocenters. The number of benzene rings is 2. The largest absolute Gasteiger partial charge is 0.327 e. The lowest BCUT2D eigenvalue weighted by molar-refractivity contribution is 0.699. The van der Waals surface area contributed by atoms with Gasteiger partial charge < -0.3 is 10.3 Å². The summed E-state index contributed by atoms with van der Waals surface area (Å²) in [5.74, 6) is 0.989. The molecule has 1 heterocycles. The molecular formula is C17H19N3. The van der Waals surface area contributed by atoms with Crippen molar-refractivity contribution in [3.63, 3.8) is 0 Å². The molecule has 3 heteroatoms. The highest BCUT2D eigenvalue weighted by molar-refractivity contribution is 5.81. The molecule has 0 amide bonds. The number of hydrogen-bond donors (Lipinski definition) is 1. The van der Waals surface area contributed by atoms with E-state index in [4.69, 9.17) is 10.7 Å². The van der Waals surface area contributed by atoms with E-state index in [0.717, 1.165) is 34.4 Å². The van der Waals surface area contributed by atoms with Gasteiger partial charge in [-0.1, -0.05) is 43.3 Å². The van der Waals surface area contributed by atoms with Crippen molar-refractivity contribution < 1.29 is 0 Å². The van der Waals surface area contributed by atoms with Crippen molar-refractivity contribution in [2.45, 2.75) is 19.4 Å². The Balaban J connectivity index is 2.15. The number of nitrogens with zero attached hydrogens (tertiary/aromatic N) is 2. The number of aromatic nitrogens is 2. The lowest BCUT2D eigenvalue weighted by Gasteiger charge is -2.08. The Morgan fingerprint density at radius 1 is 1.15 bits per heavy atom. The van der Waals surface area contributed by atoms with Crippen LogP contribution < -0.4 is 5.73 Å². The van der Waals surface area contributed by atoms with Crippen LogP contribution in [-0.2, 0) is 7.05 Å². The quantitative estimate of drug-likeness (QED) is 0.785. The summed E-state index contributed by atoms with van der Waals surface area (Å²) in [4.78, 5) is 4.77. The number of nitrogens with two attached hydrogens (primary N) is 1. The Labute approximate surface area is 119 Å². The molecule has 20 heavy (non-hydrogen) atoms. The van der Waals surface area contributed by atoms with Crippen LogP contribution in [0.1, 0.15) is 24.9 Å². The Kier molecular flexibility index (Phi) is 3.28. The average Bonchev–Trinajstić information content (AvgIpc) is 2.84. The molecule has 0 spiro atoms. The zero-order valence-corrected chi connectivity index (χ0v) is 11.9. The van der Waals surface area contributed by atoms with Crippen molar-refractivity contribution in [2.24, 2.45) is 12.8 Å². The molecule has 1 atom stereocenters. The second-order valence-corrected chi connectivity index (χ2v) is 5.12. The second-order valence-electron chi connectivity index (χ2n) is 5.12. The molecular weight excluding hydrogens is 246 g/mol. The topological polar surface area (TPSA) is 43.8 Å². The number of aryl methyl sites for hydroxylation is 1. The molecule has 3 rings (SSSR count). The predicted molar refractivity (Wildman–Crippen MR) is 83.4 cm³/mol. The van der Waals surface area contributed by atoms with Gasteiger partial charge in [0, 0.05) is 18.7 Å². The van der Waals surface area contributed by atoms with Crippen LogP contribution in [0.5, 0.6) is 0 Å². The summed E-state index contributed by atoms with van der Waals surface area (Å²) in [5, 5.41) is 0. The summed E-state index contributed by atoms with van der Waals surface area (Å²) in [6.07, 6.45) is 0.934. The molecule has 0 saturated carbocycles. The molecule has 2 N–H and O–H groups in total. The second kappa shape index (κ2) is 5.10. The van der Waals surface area contributed by atoms with E-state index >= 15 is 0 Å². The van der Waals surface area contributed by atoms with Gasteiger partial charge in [0.25, 0.3) is 0 Å². The molecule has 2 aromatic carbocycles. The maximum absolute atomic E-state index is 6.11. The minimum absolute atomic E-state index is 0.0848. The third-order valence-electron chi connectivity index (χ3n) is 3.80. The molecule has 0 saturated heterocycles. The van der Waals surface area contributed by atoms with E-state index in [1.807, 2.05) is 18.2 Å². The first-order valence-corrected chi connectivity index (χ1v) is 6.98. The van der Waals surface area contributed by atoms with Crippen LogP contribution in [0.4, 0.5) is 0 Å². The van der Waals surface area contributed by atoms with Gasteiger partial charge in [-0.2, -0.15) is 0 Å². The molecule has 0 fully saturated rings. The van der Waals surface area contributed by atoms with Crippen molar-refractivity contribution in [1.29, 1.82) is 0 Å². The Bertz CT molecular complexity index is 729. The number of rotatable bonds is 3. The Hall–Kier alpha value is -2.13. The van der Waals surface area contributed by atoms with Gasteiger partial charge >= 0.3 is 0 Å². The molecule has 0 radical (unpaired) electrons. The lowest BCUT2D eigenvalue weighted by atomic mass is 10.1. The van der Waals surface area contributed by atoms with Crippen LogP contribution in [0.25, 0.3) is 22.4 Å². The highest BCUT2D eigenvalue weighted by atomic mass is 15.1. The van der Waals surface area contributed by atoms with E-state index in [1.54, 1.807) is 0 Å². The lowest BCUT2D eigenvalue weighted by Crippen LogP contribution is -2.08. The Morgan fingerprint density at radius 3 is 2.60 bits per heavy atom. The molecule has 3 nitrogen and oxygen atoms in total. The minimum atomic E-state index is 0.0848. The van der Waals surface area contributed by atoms with Crippen LogP contribution >= 0.6 is 0 Å². The van der Waals surface area contributed by atoms with Gasteiger partial charge in [0.05, 0.1) is 11.0 Å². The molecule has 0 aliphatic heterocycles. The first-order valence-electron chi connectivity index (χ1n) is 6.98. The number of imidazole rings is 1. The summed E-state index contributed by atoms with van der Waals surface area (Å²) >= 11 is 0. The number of hydrogen-bond acceptors (Lipinski definition) is 2. The fourth-order valence-electron chi connectivity index (χ4n) is 2.53. The van der Waals surface area contributed by atoms with Crippen LogP contribution in [0.2, 0.25) is 0 Å². The first kappa shape index (κ1) is 12.9. The van der Waals surface area contributed by atoms with Gasteiger partial charge in [0.15, 0.2) is 0 Å². The van der Waals surface area contributed by atoms with Crippen molar-refractivity contribution in [3.05, 3.63) is 54.1 Å². The highest BCUT2D eigenvalue weighted by Crippen LogP contribution is 2.26. The molecule has 0 bridgehead atoms. The van der Waals surface area contributed by atoms with E-state index in [9.17, 15) is 0 Å². The van der Waals surface area contributed by atoms with Crippen molar-refractivity contribution in [2.75, 3.05) is 0 Å². The maximum atomic E-state index is 6.11. The third kappa shape index (κ3) is 2.10. The van der Waals surface area contributed by atoms with Crippen LogP contribution in [-0.4, -0.2) is 9.55 Å². The highest BCUT2D eigenvalue weighted by Gasteiger charge is 2.11. The number of fused-ring (bicyclic) bond motifs is 1. The monoisotopic (exact) mass is 265 g/mol. The SMILES string of the molecule is CCC(N)c1ccc2c(c1)nc(-c1ccccc1)n2C. The van der Waals surface area contributed by atoms with E-state index in [-0.39, 0.29) is 6.04 Å². The van der Waals surface area contributed by atoms with Gasteiger partial charge in [-0.25, -0.2) is 4.98 Å². The summed E-state index contributed by atoms with van der Waals surface area (Å²) < 4.78 is 2.13. The van der Waals surface area contributed by atoms with Gasteiger partial charge in [-0.3, -0.25) is 0 Å². The van der Waals surface area contributed by atoms with Crippen LogP contribution in [0.3, 0.4) is 0 Å². The van der Waals surface area contributed by atoms with Gasteiger partial charge in [-0.15, -0.1) is 0 Å². The zero-order chi connectivity index (χ0) is 14.1. The summed E-state index contributed by atoms with van der Waals surface area (Å²) in [6.45, 7) is 2.10. The summed E-state index contributed by atoms with van der Waals surface area (Å²) in [5.41, 5.74) is 10.5. The minimum Gasteiger partial charge on any atom is -0.327 e. The van der Waals surface area contributed by atoms with Crippen molar-refractivity contribution in [3.8, 4) is 11.4 Å². The van der Waals surface area contributed by atoms with E-state index < -0.39 is 0 Å². The Morgan fingerprint density at radius 2 is 1.90 bits per heavy atom. The van der Waals surface area contributed by atoms with E-state index in [1.165, 1.54) is 0 Å². The van der Waals surface area contributed by atoms with E-state index in [2.05, 4.69) is 48.9 Å². The fraction of sp³-hybridized carbons (Fsp3) is 0.235. The van der Waals surface area contributed by atoms with Crippen LogP contribution in [0, 0.1) is 0 Å².